The minimum atomic E-state index is -2.87. The Bertz CT molecular complexity index is 721. The molecule has 1 atom stereocenters. The normalized spacial score (nSPS) is 12.2. The van der Waals surface area contributed by atoms with Crippen molar-refractivity contribution in [3.05, 3.63) is 52.8 Å². The first-order valence-electron chi connectivity index (χ1n) is 7.41. The molecule has 5 nitrogen and oxygen atoms in total. The van der Waals surface area contributed by atoms with E-state index in [2.05, 4.69) is 16.1 Å². The number of aliphatic hydroxyl groups is 1. The lowest BCUT2D eigenvalue weighted by atomic mass is 10.1. The van der Waals surface area contributed by atoms with Gasteiger partial charge in [-0.15, -0.1) is 0 Å². The molecule has 2 N–H and O–H groups in total. The zero-order chi connectivity index (χ0) is 17.7. The second-order valence-corrected chi connectivity index (χ2v) is 5.41. The predicted molar refractivity (Wildman–Crippen MR) is 84.6 cm³/mol. The average Bonchev–Trinajstić information content (AvgIpc) is 2.82. The van der Waals surface area contributed by atoms with Gasteiger partial charge in [-0.25, -0.2) is 0 Å². The Morgan fingerprint density at radius 1 is 1.33 bits per heavy atom. The van der Waals surface area contributed by atoms with E-state index in [0.717, 1.165) is 11.3 Å². The van der Waals surface area contributed by atoms with Crippen LogP contribution in [-0.4, -0.2) is 22.8 Å². The first kappa shape index (κ1) is 17.9. The monoisotopic (exact) mass is 335 g/mol. The third-order valence-electron chi connectivity index (χ3n) is 3.90. The van der Waals surface area contributed by atoms with Crippen LogP contribution in [0.5, 0.6) is 5.75 Å². The number of nitriles is 1. The highest BCUT2D eigenvalue weighted by atomic mass is 19.3. The van der Waals surface area contributed by atoms with Gasteiger partial charge < -0.3 is 19.7 Å². The number of aliphatic hydroxyl groups excluding tert-OH is 1. The van der Waals surface area contributed by atoms with Crippen molar-refractivity contribution in [1.82, 2.24) is 9.88 Å². The molecule has 1 unspecified atom stereocenters. The van der Waals surface area contributed by atoms with Gasteiger partial charge in [0.1, 0.15) is 17.5 Å². The molecule has 0 spiro atoms. The quantitative estimate of drug-likeness (QED) is 0.816. The molecule has 0 saturated carbocycles. The molecule has 0 bridgehead atoms. The Hall–Kier alpha value is -2.43. The van der Waals surface area contributed by atoms with E-state index >= 15 is 0 Å². The second-order valence-electron chi connectivity index (χ2n) is 5.41. The van der Waals surface area contributed by atoms with Crippen LogP contribution in [0.1, 0.15) is 28.6 Å². The summed E-state index contributed by atoms with van der Waals surface area (Å²) in [5.74, 6) is 0.0536. The van der Waals surface area contributed by atoms with Crippen LogP contribution in [0.3, 0.4) is 0 Å². The van der Waals surface area contributed by atoms with Crippen LogP contribution in [0.25, 0.3) is 0 Å². The van der Waals surface area contributed by atoms with Crippen molar-refractivity contribution in [1.29, 1.82) is 5.26 Å². The van der Waals surface area contributed by atoms with Gasteiger partial charge in [-0.1, -0.05) is 12.1 Å². The van der Waals surface area contributed by atoms with Gasteiger partial charge >= 0.3 is 6.61 Å². The fourth-order valence-electron chi connectivity index (χ4n) is 2.38. The molecular formula is C17H19F2N3O2. The average molecular weight is 335 g/mol. The first-order valence-corrected chi connectivity index (χ1v) is 7.41. The van der Waals surface area contributed by atoms with Gasteiger partial charge in [-0.05, 0) is 36.2 Å². The molecule has 24 heavy (non-hydrogen) atoms. The summed E-state index contributed by atoms with van der Waals surface area (Å²) < 4.78 is 30.3. The summed E-state index contributed by atoms with van der Waals surface area (Å²) in [6.07, 6.45) is -0.773. The van der Waals surface area contributed by atoms with E-state index < -0.39 is 12.7 Å². The Labute approximate surface area is 139 Å². The van der Waals surface area contributed by atoms with E-state index in [1.165, 1.54) is 12.1 Å². The van der Waals surface area contributed by atoms with Gasteiger partial charge in [0.25, 0.3) is 0 Å². The van der Waals surface area contributed by atoms with Crippen molar-refractivity contribution < 1.29 is 18.6 Å². The van der Waals surface area contributed by atoms with Crippen LogP contribution in [0.2, 0.25) is 0 Å². The van der Waals surface area contributed by atoms with Gasteiger partial charge in [0.15, 0.2) is 0 Å². The molecular weight excluding hydrogens is 316 g/mol. The van der Waals surface area contributed by atoms with Crippen molar-refractivity contribution in [3.8, 4) is 11.8 Å². The highest BCUT2D eigenvalue weighted by Gasteiger charge is 2.11. The van der Waals surface area contributed by atoms with Crippen LogP contribution < -0.4 is 10.1 Å². The highest BCUT2D eigenvalue weighted by molar-refractivity contribution is 5.34. The smallest absolute Gasteiger partial charge is 0.387 e. The third kappa shape index (κ3) is 4.31. The second kappa shape index (κ2) is 7.90. The number of nitrogens with zero attached hydrogens (tertiary/aromatic N) is 2. The summed E-state index contributed by atoms with van der Waals surface area (Å²) in [7, 11) is 1.83. The number of rotatable bonds is 7. The third-order valence-corrected chi connectivity index (χ3v) is 3.90. The number of benzene rings is 1. The molecule has 1 heterocycles. The maximum absolute atomic E-state index is 12.1. The Balaban J connectivity index is 1.89. The molecule has 7 heteroatoms. The molecule has 2 rings (SSSR count). The van der Waals surface area contributed by atoms with Crippen molar-refractivity contribution >= 4 is 0 Å². The predicted octanol–water partition coefficient (Wildman–Crippen LogP) is 2.63. The summed E-state index contributed by atoms with van der Waals surface area (Å²) in [6.45, 7) is -0.124. The maximum atomic E-state index is 12.1. The van der Waals surface area contributed by atoms with Crippen LogP contribution in [-0.2, 0) is 13.6 Å². The van der Waals surface area contributed by atoms with Gasteiger partial charge in [0, 0.05) is 25.8 Å². The zero-order valence-electron chi connectivity index (χ0n) is 13.5. The van der Waals surface area contributed by atoms with Crippen molar-refractivity contribution in [2.24, 2.45) is 7.05 Å². The topological polar surface area (TPSA) is 70.2 Å². The van der Waals surface area contributed by atoms with E-state index in [1.807, 2.05) is 24.6 Å². The van der Waals surface area contributed by atoms with Gasteiger partial charge in [0.05, 0.1) is 6.10 Å². The summed E-state index contributed by atoms with van der Waals surface area (Å²) >= 11 is 0. The molecule has 0 aliphatic heterocycles. The van der Waals surface area contributed by atoms with Crippen LogP contribution in [0, 0.1) is 18.3 Å². The summed E-state index contributed by atoms with van der Waals surface area (Å²) in [6, 6.07) is 9.81. The fraction of sp³-hybridized carbons (Fsp3) is 0.353. The molecule has 0 amide bonds. The molecule has 1 aromatic heterocycles. The van der Waals surface area contributed by atoms with E-state index in [0.29, 0.717) is 24.3 Å². The highest BCUT2D eigenvalue weighted by Crippen LogP contribution is 2.19. The molecule has 0 radical (unpaired) electrons. The number of halogens is 2. The summed E-state index contributed by atoms with van der Waals surface area (Å²) in [5, 5.41) is 22.3. The van der Waals surface area contributed by atoms with Gasteiger partial charge in [-0.2, -0.15) is 14.0 Å². The largest absolute Gasteiger partial charge is 0.435 e. The molecule has 128 valence electrons. The first-order chi connectivity index (χ1) is 11.4. The Morgan fingerprint density at radius 3 is 2.54 bits per heavy atom. The van der Waals surface area contributed by atoms with Crippen LogP contribution >= 0.6 is 0 Å². The van der Waals surface area contributed by atoms with E-state index in [4.69, 9.17) is 5.26 Å². The lowest BCUT2D eigenvalue weighted by Crippen LogP contribution is -2.21. The molecule has 1 aromatic carbocycles. The Morgan fingerprint density at radius 2 is 2.00 bits per heavy atom. The lowest BCUT2D eigenvalue weighted by molar-refractivity contribution is -0.0498. The summed E-state index contributed by atoms with van der Waals surface area (Å²) in [4.78, 5) is 0. The van der Waals surface area contributed by atoms with E-state index in [9.17, 15) is 13.9 Å². The number of nitrogens with one attached hydrogen (secondary N) is 1. The molecule has 2 aromatic rings. The van der Waals surface area contributed by atoms with E-state index in [1.54, 1.807) is 12.1 Å². The minimum Gasteiger partial charge on any atom is -0.435 e. The van der Waals surface area contributed by atoms with Crippen LogP contribution in [0.4, 0.5) is 8.78 Å². The fourth-order valence-corrected chi connectivity index (χ4v) is 2.38. The Kier molecular flexibility index (Phi) is 5.90. The number of ether oxygens (including phenoxy) is 1. The number of hydrogen-bond acceptors (Lipinski definition) is 4. The molecule has 0 aliphatic rings. The maximum Gasteiger partial charge on any atom is 0.387 e. The number of alkyl halides is 2. The van der Waals surface area contributed by atoms with E-state index in [-0.39, 0.29) is 5.75 Å². The number of aromatic nitrogens is 1. The minimum absolute atomic E-state index is 0.0536. The van der Waals surface area contributed by atoms with Gasteiger partial charge in [-0.3, -0.25) is 0 Å². The van der Waals surface area contributed by atoms with Crippen LogP contribution in [0.15, 0.2) is 30.3 Å². The van der Waals surface area contributed by atoms with Crippen molar-refractivity contribution in [2.75, 3.05) is 6.54 Å². The standard InChI is InChI=1S/C17H19F2N3O2/c1-11-13(7-14(8-20)22(11)2)9-21-10-16(23)12-3-5-15(6-4-12)24-17(18)19/h3-7,16-17,21,23H,9-10H2,1-2H3. The molecule has 0 aliphatic carbocycles. The SMILES string of the molecule is Cc1c(CNCC(O)c2ccc(OC(F)F)cc2)cc(C#N)n1C. The van der Waals surface area contributed by atoms with Crippen molar-refractivity contribution in [2.45, 2.75) is 26.2 Å². The van der Waals surface area contributed by atoms with Gasteiger partial charge in [0.2, 0.25) is 0 Å². The summed E-state index contributed by atoms with van der Waals surface area (Å²) in [5.41, 5.74) is 3.16. The lowest BCUT2D eigenvalue weighted by Gasteiger charge is -2.13. The van der Waals surface area contributed by atoms with Crippen molar-refractivity contribution in [3.63, 3.8) is 0 Å². The number of hydrogen-bond donors (Lipinski definition) is 2. The molecule has 0 fully saturated rings. The molecule has 0 saturated heterocycles. The zero-order valence-corrected chi connectivity index (χ0v) is 13.5.